The summed E-state index contributed by atoms with van der Waals surface area (Å²) in [6, 6.07) is 24.9. The van der Waals surface area contributed by atoms with Gasteiger partial charge in [0, 0.05) is 18.1 Å². The SMILES string of the molecule is Cc1cc(-c2cc(OCc3ccc(OCC(=N)c4ccccc4)cc3)ccc2CCC=O)no1. The summed E-state index contributed by atoms with van der Waals surface area (Å²) in [5.74, 6) is 2.14. The van der Waals surface area contributed by atoms with Gasteiger partial charge in [0.2, 0.25) is 0 Å². The summed E-state index contributed by atoms with van der Waals surface area (Å²) < 4.78 is 17.0. The first-order valence-corrected chi connectivity index (χ1v) is 11.1. The van der Waals surface area contributed by atoms with Crippen LogP contribution in [0.15, 0.2) is 83.4 Å². The van der Waals surface area contributed by atoms with Crippen molar-refractivity contribution in [3.63, 3.8) is 0 Å². The molecule has 0 radical (unpaired) electrons. The van der Waals surface area contributed by atoms with Crippen LogP contribution in [0.4, 0.5) is 0 Å². The Morgan fingerprint density at radius 2 is 1.74 bits per heavy atom. The Hall–Kier alpha value is -4.19. The van der Waals surface area contributed by atoms with Gasteiger partial charge in [-0.1, -0.05) is 53.7 Å². The second-order valence-corrected chi connectivity index (χ2v) is 7.91. The van der Waals surface area contributed by atoms with Gasteiger partial charge in [0.25, 0.3) is 0 Å². The van der Waals surface area contributed by atoms with Crippen LogP contribution in [0.3, 0.4) is 0 Å². The van der Waals surface area contributed by atoms with E-state index in [0.29, 0.717) is 36.7 Å². The second kappa shape index (κ2) is 11.1. The number of aromatic nitrogens is 1. The lowest BCUT2D eigenvalue weighted by atomic mass is 10.00. The molecule has 4 rings (SSSR count). The van der Waals surface area contributed by atoms with Crippen molar-refractivity contribution in [3.8, 4) is 22.8 Å². The summed E-state index contributed by atoms with van der Waals surface area (Å²) in [5, 5.41) is 12.3. The zero-order chi connectivity index (χ0) is 23.8. The fourth-order valence-corrected chi connectivity index (χ4v) is 3.54. The first-order valence-electron chi connectivity index (χ1n) is 11.1. The molecule has 0 saturated carbocycles. The van der Waals surface area contributed by atoms with Crippen molar-refractivity contribution in [1.29, 1.82) is 5.41 Å². The topological polar surface area (TPSA) is 85.4 Å². The van der Waals surface area contributed by atoms with Crippen molar-refractivity contribution in [2.75, 3.05) is 6.61 Å². The summed E-state index contributed by atoms with van der Waals surface area (Å²) in [5.41, 5.74) is 4.93. The second-order valence-electron chi connectivity index (χ2n) is 7.91. The van der Waals surface area contributed by atoms with Gasteiger partial charge in [-0.2, -0.15) is 0 Å². The standard InChI is InChI=1S/C28H26N2O4/c1-20-16-28(30-34-20)26-17-25(14-11-22(26)8-5-15-31)32-18-21-9-12-24(13-10-21)33-19-27(29)23-6-3-2-4-7-23/h2-4,6-7,9-17,29H,5,8,18-19H2,1H3. The number of hydrogen-bond acceptors (Lipinski definition) is 6. The Morgan fingerprint density at radius 1 is 0.971 bits per heavy atom. The number of ether oxygens (including phenoxy) is 2. The van der Waals surface area contributed by atoms with Gasteiger partial charge in [-0.3, -0.25) is 0 Å². The van der Waals surface area contributed by atoms with Crippen molar-refractivity contribution in [2.45, 2.75) is 26.4 Å². The summed E-state index contributed by atoms with van der Waals surface area (Å²) >= 11 is 0. The van der Waals surface area contributed by atoms with Crippen LogP contribution in [0.5, 0.6) is 11.5 Å². The number of rotatable bonds is 11. The maximum absolute atomic E-state index is 10.8. The molecule has 172 valence electrons. The number of carbonyl (C=O) groups is 1. The van der Waals surface area contributed by atoms with Crippen LogP contribution in [0, 0.1) is 12.3 Å². The van der Waals surface area contributed by atoms with Crippen LogP contribution in [0.1, 0.15) is 28.9 Å². The van der Waals surface area contributed by atoms with E-state index in [1.54, 1.807) is 0 Å². The maximum atomic E-state index is 10.8. The first-order chi connectivity index (χ1) is 16.6. The lowest BCUT2D eigenvalue weighted by molar-refractivity contribution is -0.107. The molecule has 4 aromatic rings. The van der Waals surface area contributed by atoms with Crippen LogP contribution < -0.4 is 9.47 Å². The number of hydrogen-bond donors (Lipinski definition) is 1. The maximum Gasteiger partial charge on any atom is 0.134 e. The van der Waals surface area contributed by atoms with E-state index in [2.05, 4.69) is 5.16 Å². The zero-order valence-electron chi connectivity index (χ0n) is 19.0. The Balaban J connectivity index is 1.37. The number of nitrogens with zero attached hydrogens (tertiary/aromatic N) is 1. The predicted octanol–water partition coefficient (Wildman–Crippen LogP) is 5.81. The van der Waals surface area contributed by atoms with E-state index in [0.717, 1.165) is 40.0 Å². The van der Waals surface area contributed by atoms with Crippen molar-refractivity contribution in [3.05, 3.63) is 101 Å². The Morgan fingerprint density at radius 3 is 2.44 bits per heavy atom. The van der Waals surface area contributed by atoms with E-state index in [1.165, 1.54) is 0 Å². The molecule has 0 aliphatic heterocycles. The van der Waals surface area contributed by atoms with Crippen LogP contribution in [-0.4, -0.2) is 23.8 Å². The van der Waals surface area contributed by atoms with Crippen molar-refractivity contribution < 1.29 is 18.8 Å². The molecule has 6 nitrogen and oxygen atoms in total. The molecule has 1 aromatic heterocycles. The van der Waals surface area contributed by atoms with E-state index in [1.807, 2.05) is 85.8 Å². The molecule has 0 amide bonds. The van der Waals surface area contributed by atoms with Crippen LogP contribution in [0.2, 0.25) is 0 Å². The van der Waals surface area contributed by atoms with Gasteiger partial charge in [0.15, 0.2) is 0 Å². The summed E-state index contributed by atoms with van der Waals surface area (Å²) in [6.07, 6.45) is 2.00. The monoisotopic (exact) mass is 454 g/mol. The highest BCUT2D eigenvalue weighted by molar-refractivity contribution is 5.99. The zero-order valence-corrected chi connectivity index (χ0v) is 19.0. The van der Waals surface area contributed by atoms with E-state index in [-0.39, 0.29) is 6.61 Å². The average molecular weight is 455 g/mol. The summed E-state index contributed by atoms with van der Waals surface area (Å²) in [6.45, 7) is 2.45. The molecule has 0 aliphatic rings. The smallest absolute Gasteiger partial charge is 0.134 e. The highest BCUT2D eigenvalue weighted by Gasteiger charge is 2.12. The van der Waals surface area contributed by atoms with Gasteiger partial charge in [-0.05, 0) is 54.3 Å². The third-order valence-electron chi connectivity index (χ3n) is 5.35. The molecule has 1 N–H and O–H groups in total. The highest BCUT2D eigenvalue weighted by atomic mass is 16.5. The number of aryl methyl sites for hydroxylation is 2. The Bertz CT molecular complexity index is 1250. The quantitative estimate of drug-likeness (QED) is 0.228. The largest absolute Gasteiger partial charge is 0.489 e. The van der Waals surface area contributed by atoms with Gasteiger partial charge < -0.3 is 24.2 Å². The van der Waals surface area contributed by atoms with E-state index in [4.69, 9.17) is 19.4 Å². The molecule has 3 aromatic carbocycles. The molecule has 0 bridgehead atoms. The fourth-order valence-electron chi connectivity index (χ4n) is 3.54. The number of carbonyl (C=O) groups excluding carboxylic acids is 1. The summed E-state index contributed by atoms with van der Waals surface area (Å²) in [7, 11) is 0. The number of aldehydes is 1. The molecular weight excluding hydrogens is 428 g/mol. The van der Waals surface area contributed by atoms with Crippen molar-refractivity contribution in [1.82, 2.24) is 5.16 Å². The van der Waals surface area contributed by atoms with Gasteiger partial charge in [0.05, 0.1) is 5.71 Å². The normalized spacial score (nSPS) is 10.6. The summed E-state index contributed by atoms with van der Waals surface area (Å²) in [4.78, 5) is 10.8. The van der Waals surface area contributed by atoms with Gasteiger partial charge in [-0.25, -0.2) is 0 Å². The van der Waals surface area contributed by atoms with Gasteiger partial charge in [-0.15, -0.1) is 0 Å². The van der Waals surface area contributed by atoms with E-state index in [9.17, 15) is 4.79 Å². The predicted molar refractivity (Wildman–Crippen MR) is 131 cm³/mol. The van der Waals surface area contributed by atoms with Crippen molar-refractivity contribution >= 4 is 12.0 Å². The molecule has 6 heteroatoms. The highest BCUT2D eigenvalue weighted by Crippen LogP contribution is 2.29. The van der Waals surface area contributed by atoms with Crippen LogP contribution in [0.25, 0.3) is 11.3 Å². The molecule has 1 heterocycles. The molecule has 0 atom stereocenters. The third-order valence-corrected chi connectivity index (χ3v) is 5.35. The Labute approximate surface area is 198 Å². The van der Waals surface area contributed by atoms with E-state index < -0.39 is 0 Å². The first kappa shape index (κ1) is 23.0. The van der Waals surface area contributed by atoms with E-state index >= 15 is 0 Å². The molecule has 0 unspecified atom stereocenters. The van der Waals surface area contributed by atoms with Crippen molar-refractivity contribution in [2.24, 2.45) is 0 Å². The molecule has 0 spiro atoms. The number of nitrogens with one attached hydrogen (secondary N) is 1. The lowest BCUT2D eigenvalue weighted by Crippen LogP contribution is -2.11. The fraction of sp³-hybridized carbons (Fsp3) is 0.179. The third kappa shape index (κ3) is 5.98. The number of benzene rings is 3. The molecule has 34 heavy (non-hydrogen) atoms. The molecular formula is C28H26N2O4. The van der Waals surface area contributed by atoms with Crippen LogP contribution in [-0.2, 0) is 17.8 Å². The Kier molecular flexibility index (Phi) is 7.50. The lowest BCUT2D eigenvalue weighted by Gasteiger charge is -2.12. The molecule has 0 aliphatic carbocycles. The van der Waals surface area contributed by atoms with Crippen LogP contribution >= 0.6 is 0 Å². The van der Waals surface area contributed by atoms with Gasteiger partial charge >= 0.3 is 0 Å². The minimum atomic E-state index is 0.209. The minimum absolute atomic E-state index is 0.209. The molecule has 0 saturated heterocycles. The minimum Gasteiger partial charge on any atom is -0.489 e. The average Bonchev–Trinajstić information content (AvgIpc) is 3.32. The van der Waals surface area contributed by atoms with Gasteiger partial charge in [0.1, 0.15) is 42.5 Å². The molecule has 0 fully saturated rings.